The molecule has 46 heavy (non-hydrogen) atoms. The van der Waals surface area contributed by atoms with E-state index in [-0.39, 0.29) is 6.71 Å². The Labute approximate surface area is 276 Å². The van der Waals surface area contributed by atoms with Crippen molar-refractivity contribution in [2.75, 3.05) is 9.80 Å². The standard InChI is InChI=1S/C42H35BN2S/c1-4-15-30(16-5-1)31-27-40-42-41(28-31)45(33-19-14-22-35(29-33)46-34-20-8-3-9-21-34)39-26-13-11-24-37(39)43(42)36-23-10-12-25-38(36)44(40)32-17-6-2-7-18-32/h2-3,6-14,17-30H,1,4-5,15-16H2. The van der Waals surface area contributed by atoms with Gasteiger partial charge in [0.05, 0.1) is 0 Å². The number of rotatable bonds is 5. The topological polar surface area (TPSA) is 6.48 Å². The molecule has 0 aromatic heterocycles. The van der Waals surface area contributed by atoms with E-state index < -0.39 is 0 Å². The van der Waals surface area contributed by atoms with Gasteiger partial charge < -0.3 is 9.80 Å². The Balaban J connectivity index is 1.31. The largest absolute Gasteiger partial charge is 0.311 e. The van der Waals surface area contributed by atoms with Gasteiger partial charge in [-0.1, -0.05) is 110 Å². The predicted molar refractivity (Wildman–Crippen MR) is 197 cm³/mol. The highest BCUT2D eigenvalue weighted by Crippen LogP contribution is 2.47. The van der Waals surface area contributed by atoms with E-state index in [0.717, 1.165) is 0 Å². The fourth-order valence-electron chi connectivity index (χ4n) is 8.03. The van der Waals surface area contributed by atoms with Crippen LogP contribution in [0.1, 0.15) is 43.6 Å². The minimum Gasteiger partial charge on any atom is -0.311 e. The summed E-state index contributed by atoms with van der Waals surface area (Å²) in [4.78, 5) is 7.59. The maximum absolute atomic E-state index is 2.56. The summed E-state index contributed by atoms with van der Waals surface area (Å²) >= 11 is 1.83. The van der Waals surface area contributed by atoms with Gasteiger partial charge in [-0.25, -0.2) is 0 Å². The normalized spacial score (nSPS) is 15.3. The van der Waals surface area contributed by atoms with Crippen molar-refractivity contribution in [2.24, 2.45) is 0 Å². The molecule has 222 valence electrons. The van der Waals surface area contributed by atoms with Gasteiger partial charge in [-0.2, -0.15) is 0 Å². The lowest BCUT2D eigenvalue weighted by atomic mass is 9.33. The van der Waals surface area contributed by atoms with E-state index in [4.69, 9.17) is 0 Å². The third-order valence-corrected chi connectivity index (χ3v) is 11.0. The van der Waals surface area contributed by atoms with Crippen LogP contribution in [0.5, 0.6) is 0 Å². The van der Waals surface area contributed by atoms with Gasteiger partial charge >= 0.3 is 0 Å². The number of hydrogen-bond acceptors (Lipinski definition) is 3. The lowest BCUT2D eigenvalue weighted by Gasteiger charge is -2.44. The third kappa shape index (κ3) is 4.66. The molecule has 0 saturated heterocycles. The second-order valence-corrected chi connectivity index (χ2v) is 13.9. The average molecular weight is 611 g/mol. The van der Waals surface area contributed by atoms with Crippen LogP contribution in [0.3, 0.4) is 0 Å². The molecule has 0 atom stereocenters. The Morgan fingerprint density at radius 1 is 0.478 bits per heavy atom. The molecule has 2 nitrogen and oxygen atoms in total. The molecule has 0 amide bonds. The number of fused-ring (bicyclic) bond motifs is 4. The summed E-state index contributed by atoms with van der Waals surface area (Å²) in [6, 6.07) is 54.1. The Bertz CT molecular complexity index is 2040. The van der Waals surface area contributed by atoms with Gasteiger partial charge in [0.15, 0.2) is 0 Å². The minimum atomic E-state index is 0.163. The van der Waals surface area contributed by atoms with Crippen molar-refractivity contribution >= 4 is 69.0 Å². The molecule has 0 unspecified atom stereocenters. The molecule has 0 N–H and O–H groups in total. The quantitative estimate of drug-likeness (QED) is 0.179. The van der Waals surface area contributed by atoms with Gasteiger partial charge in [-0.15, -0.1) is 0 Å². The number of nitrogens with zero attached hydrogens (tertiary/aromatic N) is 2. The SMILES string of the molecule is c1ccc(Sc2cccc(N3c4ccccc4B4c5ccccc5N(c5ccccc5)c5cc(C6CCCCC6)cc3c54)c2)cc1. The van der Waals surface area contributed by atoms with Crippen LogP contribution in [0, 0.1) is 0 Å². The molecule has 9 rings (SSSR count). The van der Waals surface area contributed by atoms with Crippen LogP contribution in [0.25, 0.3) is 0 Å². The molecular weight excluding hydrogens is 575 g/mol. The summed E-state index contributed by atoms with van der Waals surface area (Å²) < 4.78 is 0. The van der Waals surface area contributed by atoms with E-state index in [1.54, 1.807) is 0 Å². The van der Waals surface area contributed by atoms with Crippen molar-refractivity contribution in [2.45, 2.75) is 47.8 Å². The van der Waals surface area contributed by atoms with Gasteiger partial charge in [0.2, 0.25) is 0 Å². The van der Waals surface area contributed by atoms with Gasteiger partial charge in [0, 0.05) is 43.9 Å². The summed E-state index contributed by atoms with van der Waals surface area (Å²) in [6.07, 6.45) is 6.52. The maximum Gasteiger partial charge on any atom is 0.252 e. The summed E-state index contributed by atoms with van der Waals surface area (Å²) in [7, 11) is 0. The van der Waals surface area contributed by atoms with E-state index in [2.05, 4.69) is 155 Å². The monoisotopic (exact) mass is 610 g/mol. The Hall–Kier alpha value is -4.67. The molecular formula is C42H35BN2S. The van der Waals surface area contributed by atoms with E-state index in [1.165, 1.54) is 98.0 Å². The summed E-state index contributed by atoms with van der Waals surface area (Å²) in [5.74, 6) is 0.586. The van der Waals surface area contributed by atoms with Crippen LogP contribution < -0.4 is 26.2 Å². The highest BCUT2D eigenvalue weighted by molar-refractivity contribution is 7.99. The zero-order chi connectivity index (χ0) is 30.5. The van der Waals surface area contributed by atoms with Crippen LogP contribution in [0.4, 0.5) is 34.1 Å². The Morgan fingerprint density at radius 2 is 1.02 bits per heavy atom. The van der Waals surface area contributed by atoms with Gasteiger partial charge in [0.25, 0.3) is 6.71 Å². The lowest BCUT2D eigenvalue weighted by Crippen LogP contribution is -2.61. The molecule has 3 aliphatic rings. The smallest absolute Gasteiger partial charge is 0.252 e. The maximum atomic E-state index is 2.56. The van der Waals surface area contributed by atoms with Gasteiger partial charge in [0.1, 0.15) is 0 Å². The first-order valence-electron chi connectivity index (χ1n) is 16.7. The highest BCUT2D eigenvalue weighted by atomic mass is 32.2. The molecule has 0 radical (unpaired) electrons. The Morgan fingerprint density at radius 3 is 1.70 bits per heavy atom. The van der Waals surface area contributed by atoms with E-state index in [9.17, 15) is 0 Å². The Kier molecular flexibility index (Phi) is 6.97. The fourth-order valence-corrected chi connectivity index (χ4v) is 8.93. The van der Waals surface area contributed by atoms with Crippen LogP contribution >= 0.6 is 11.8 Å². The molecule has 2 aliphatic heterocycles. The van der Waals surface area contributed by atoms with Crippen LogP contribution in [-0.4, -0.2) is 6.71 Å². The van der Waals surface area contributed by atoms with Crippen molar-refractivity contribution < 1.29 is 0 Å². The van der Waals surface area contributed by atoms with Crippen molar-refractivity contribution in [3.8, 4) is 0 Å². The summed E-state index contributed by atoms with van der Waals surface area (Å²) in [5.41, 5.74) is 13.2. The molecule has 0 spiro atoms. The molecule has 6 aromatic rings. The predicted octanol–water partition coefficient (Wildman–Crippen LogP) is 9.97. The fraction of sp³-hybridized carbons (Fsp3) is 0.143. The van der Waals surface area contributed by atoms with Crippen LogP contribution in [-0.2, 0) is 0 Å². The van der Waals surface area contributed by atoms with Crippen molar-refractivity contribution in [1.29, 1.82) is 0 Å². The molecule has 1 saturated carbocycles. The van der Waals surface area contributed by atoms with Crippen molar-refractivity contribution in [3.63, 3.8) is 0 Å². The number of para-hydroxylation sites is 3. The molecule has 1 aliphatic carbocycles. The molecule has 4 heteroatoms. The number of benzene rings is 6. The third-order valence-electron chi connectivity index (χ3n) is 10.1. The van der Waals surface area contributed by atoms with E-state index in [0.29, 0.717) is 5.92 Å². The van der Waals surface area contributed by atoms with Gasteiger partial charge in [-0.3, -0.25) is 0 Å². The van der Waals surface area contributed by atoms with Crippen LogP contribution in [0.2, 0.25) is 0 Å². The first kappa shape index (κ1) is 27.6. The number of hydrogen-bond donors (Lipinski definition) is 0. The minimum absolute atomic E-state index is 0.163. The molecule has 1 fully saturated rings. The average Bonchev–Trinajstić information content (AvgIpc) is 3.12. The molecule has 0 bridgehead atoms. The summed E-state index contributed by atoms with van der Waals surface area (Å²) in [5, 5.41) is 0. The molecule has 2 heterocycles. The van der Waals surface area contributed by atoms with E-state index >= 15 is 0 Å². The van der Waals surface area contributed by atoms with Crippen molar-refractivity contribution in [3.05, 3.63) is 151 Å². The van der Waals surface area contributed by atoms with E-state index in [1.807, 2.05) is 11.8 Å². The van der Waals surface area contributed by atoms with Crippen LogP contribution in [0.15, 0.2) is 155 Å². The zero-order valence-corrected chi connectivity index (χ0v) is 26.7. The zero-order valence-electron chi connectivity index (χ0n) is 25.8. The first-order valence-corrected chi connectivity index (χ1v) is 17.5. The second-order valence-electron chi connectivity index (χ2n) is 12.8. The summed E-state index contributed by atoms with van der Waals surface area (Å²) in [6.45, 7) is 0.163. The molecule has 6 aromatic carbocycles. The highest BCUT2D eigenvalue weighted by Gasteiger charge is 2.43. The number of anilines is 6. The lowest BCUT2D eigenvalue weighted by molar-refractivity contribution is 0.444. The van der Waals surface area contributed by atoms with Crippen molar-refractivity contribution in [1.82, 2.24) is 0 Å². The second kappa shape index (κ2) is 11.6. The van der Waals surface area contributed by atoms with Gasteiger partial charge in [-0.05, 0) is 107 Å². The first-order chi connectivity index (χ1) is 22.8.